The average molecular weight is 162 g/mol. The van der Waals surface area contributed by atoms with Crippen LogP contribution in [0.5, 0.6) is 0 Å². The largest absolute Gasteiger partial charge is 0.238 e. The molecule has 2 N–H and O–H groups in total. The van der Waals surface area contributed by atoms with Crippen molar-refractivity contribution in [2.75, 3.05) is 0 Å². The molecule has 2 heteroatoms. The Bertz CT molecular complexity index is 266. The van der Waals surface area contributed by atoms with E-state index in [1.165, 1.54) is 17.5 Å². The van der Waals surface area contributed by atoms with Gasteiger partial charge in [0.15, 0.2) is 0 Å². The zero-order chi connectivity index (χ0) is 8.39. The maximum atomic E-state index is 3.07. The molecule has 0 amide bonds. The SMILES string of the molecule is Cc1cccc(CCC2NN2)c1. The molecule has 12 heavy (non-hydrogen) atoms. The van der Waals surface area contributed by atoms with E-state index in [1.54, 1.807) is 0 Å². The maximum absolute atomic E-state index is 3.07. The monoisotopic (exact) mass is 162 g/mol. The van der Waals surface area contributed by atoms with Gasteiger partial charge in [0, 0.05) is 0 Å². The first-order valence-corrected chi connectivity index (χ1v) is 4.41. The fraction of sp³-hybridized carbons (Fsp3) is 0.400. The van der Waals surface area contributed by atoms with Crippen LogP contribution in [-0.4, -0.2) is 6.17 Å². The summed E-state index contributed by atoms with van der Waals surface area (Å²) in [5.41, 5.74) is 8.93. The second-order valence-electron chi connectivity index (χ2n) is 3.37. The standard InChI is InChI=1S/C10H14N2/c1-8-3-2-4-9(7-8)5-6-10-11-12-10/h2-4,7,10-12H,5-6H2,1H3. The van der Waals surface area contributed by atoms with Gasteiger partial charge in [-0.15, -0.1) is 0 Å². The number of nitrogens with one attached hydrogen (secondary N) is 2. The van der Waals surface area contributed by atoms with Gasteiger partial charge in [-0.2, -0.15) is 0 Å². The minimum atomic E-state index is 0.561. The van der Waals surface area contributed by atoms with Gasteiger partial charge in [0.25, 0.3) is 0 Å². The van der Waals surface area contributed by atoms with Crippen molar-refractivity contribution in [3.05, 3.63) is 35.4 Å². The predicted molar refractivity (Wildman–Crippen MR) is 49.6 cm³/mol. The zero-order valence-electron chi connectivity index (χ0n) is 7.30. The Hall–Kier alpha value is -0.860. The first kappa shape index (κ1) is 7.77. The van der Waals surface area contributed by atoms with Crippen LogP contribution in [0.1, 0.15) is 17.5 Å². The summed E-state index contributed by atoms with van der Waals surface area (Å²) in [4.78, 5) is 0. The van der Waals surface area contributed by atoms with Crippen molar-refractivity contribution < 1.29 is 0 Å². The van der Waals surface area contributed by atoms with Crippen LogP contribution in [0.3, 0.4) is 0 Å². The Labute approximate surface area is 73.0 Å². The van der Waals surface area contributed by atoms with E-state index in [2.05, 4.69) is 42.0 Å². The third-order valence-corrected chi connectivity index (χ3v) is 2.15. The van der Waals surface area contributed by atoms with Gasteiger partial charge in [0.05, 0.1) is 6.17 Å². The van der Waals surface area contributed by atoms with Crippen LogP contribution >= 0.6 is 0 Å². The van der Waals surface area contributed by atoms with E-state index >= 15 is 0 Å². The second-order valence-corrected chi connectivity index (χ2v) is 3.37. The van der Waals surface area contributed by atoms with Crippen molar-refractivity contribution in [1.82, 2.24) is 10.9 Å². The van der Waals surface area contributed by atoms with Gasteiger partial charge >= 0.3 is 0 Å². The Morgan fingerprint density at radius 2 is 2.17 bits per heavy atom. The molecule has 64 valence electrons. The van der Waals surface area contributed by atoms with Crippen LogP contribution in [-0.2, 0) is 6.42 Å². The lowest BCUT2D eigenvalue weighted by Gasteiger charge is -1.99. The number of hydrazine groups is 1. The maximum Gasteiger partial charge on any atom is 0.0836 e. The van der Waals surface area contributed by atoms with Crippen molar-refractivity contribution in [3.8, 4) is 0 Å². The number of hydrogen-bond donors (Lipinski definition) is 2. The van der Waals surface area contributed by atoms with E-state index in [0.717, 1.165) is 6.42 Å². The molecule has 0 unspecified atom stereocenters. The van der Waals surface area contributed by atoms with Gasteiger partial charge in [0.2, 0.25) is 0 Å². The summed E-state index contributed by atoms with van der Waals surface area (Å²) in [6.07, 6.45) is 2.90. The van der Waals surface area contributed by atoms with E-state index in [0.29, 0.717) is 6.17 Å². The number of aryl methyl sites for hydroxylation is 2. The van der Waals surface area contributed by atoms with E-state index in [4.69, 9.17) is 0 Å². The Morgan fingerprint density at radius 1 is 1.33 bits per heavy atom. The third kappa shape index (κ3) is 2.06. The highest BCUT2D eigenvalue weighted by molar-refractivity contribution is 5.22. The molecule has 2 nitrogen and oxygen atoms in total. The van der Waals surface area contributed by atoms with Crippen LogP contribution in [0.2, 0.25) is 0 Å². The van der Waals surface area contributed by atoms with Crippen LogP contribution in [0.4, 0.5) is 0 Å². The Morgan fingerprint density at radius 3 is 2.83 bits per heavy atom. The summed E-state index contributed by atoms with van der Waals surface area (Å²) >= 11 is 0. The molecule has 1 saturated heterocycles. The predicted octanol–water partition coefficient (Wildman–Crippen LogP) is 1.36. The van der Waals surface area contributed by atoms with Crippen LogP contribution in [0.25, 0.3) is 0 Å². The molecule has 2 rings (SSSR count). The summed E-state index contributed by atoms with van der Waals surface area (Å²) < 4.78 is 0. The van der Waals surface area contributed by atoms with Crippen molar-refractivity contribution >= 4 is 0 Å². The minimum Gasteiger partial charge on any atom is -0.238 e. The molecule has 1 aromatic rings. The first-order chi connectivity index (χ1) is 5.84. The molecule has 1 fully saturated rings. The highest BCUT2D eigenvalue weighted by Crippen LogP contribution is 2.08. The normalized spacial score (nSPS) is 16.4. The van der Waals surface area contributed by atoms with Gasteiger partial charge in [-0.05, 0) is 25.3 Å². The van der Waals surface area contributed by atoms with Gasteiger partial charge in [0.1, 0.15) is 0 Å². The topological polar surface area (TPSA) is 43.9 Å². The summed E-state index contributed by atoms with van der Waals surface area (Å²) in [6.45, 7) is 2.14. The Balaban J connectivity index is 1.92. The average Bonchev–Trinajstić information content (AvgIpc) is 2.84. The smallest absolute Gasteiger partial charge is 0.0836 e. The lowest BCUT2D eigenvalue weighted by atomic mass is 10.1. The van der Waals surface area contributed by atoms with Crippen molar-refractivity contribution in [3.63, 3.8) is 0 Å². The summed E-state index contributed by atoms with van der Waals surface area (Å²) in [7, 11) is 0. The molecular formula is C10H14N2. The van der Waals surface area contributed by atoms with E-state index < -0.39 is 0 Å². The molecular weight excluding hydrogens is 148 g/mol. The second kappa shape index (κ2) is 3.25. The van der Waals surface area contributed by atoms with Gasteiger partial charge in [-0.3, -0.25) is 0 Å². The van der Waals surface area contributed by atoms with Crippen LogP contribution in [0, 0.1) is 6.92 Å². The summed E-state index contributed by atoms with van der Waals surface area (Å²) in [6, 6.07) is 8.70. The molecule has 1 heterocycles. The molecule has 1 aliphatic heterocycles. The van der Waals surface area contributed by atoms with E-state index in [9.17, 15) is 0 Å². The molecule has 0 spiro atoms. The van der Waals surface area contributed by atoms with Crippen LogP contribution < -0.4 is 10.9 Å². The fourth-order valence-corrected chi connectivity index (χ4v) is 1.38. The molecule has 0 saturated carbocycles. The van der Waals surface area contributed by atoms with Crippen molar-refractivity contribution in [1.29, 1.82) is 0 Å². The molecule has 0 aliphatic carbocycles. The van der Waals surface area contributed by atoms with Crippen LogP contribution in [0.15, 0.2) is 24.3 Å². The summed E-state index contributed by atoms with van der Waals surface area (Å²) in [5.74, 6) is 0. The highest BCUT2D eigenvalue weighted by Gasteiger charge is 2.17. The Kier molecular flexibility index (Phi) is 2.11. The quantitative estimate of drug-likeness (QED) is 0.659. The molecule has 1 aliphatic rings. The minimum absolute atomic E-state index is 0.561. The van der Waals surface area contributed by atoms with E-state index in [-0.39, 0.29) is 0 Å². The van der Waals surface area contributed by atoms with Gasteiger partial charge in [-0.1, -0.05) is 29.8 Å². The highest BCUT2D eigenvalue weighted by atomic mass is 15.6. The molecule has 0 bridgehead atoms. The van der Waals surface area contributed by atoms with Gasteiger partial charge in [-0.25, -0.2) is 10.9 Å². The first-order valence-electron chi connectivity index (χ1n) is 4.41. The molecule has 0 aromatic heterocycles. The summed E-state index contributed by atoms with van der Waals surface area (Å²) in [5, 5.41) is 0. The van der Waals surface area contributed by atoms with Crippen molar-refractivity contribution in [2.45, 2.75) is 25.9 Å². The fourth-order valence-electron chi connectivity index (χ4n) is 1.38. The number of hydrogen-bond acceptors (Lipinski definition) is 2. The lowest BCUT2D eigenvalue weighted by Crippen LogP contribution is -1.95. The third-order valence-electron chi connectivity index (χ3n) is 2.15. The molecule has 1 aromatic carbocycles. The molecule has 0 atom stereocenters. The van der Waals surface area contributed by atoms with Gasteiger partial charge < -0.3 is 0 Å². The number of benzene rings is 1. The molecule has 0 radical (unpaired) electrons. The number of rotatable bonds is 3. The zero-order valence-corrected chi connectivity index (χ0v) is 7.30. The van der Waals surface area contributed by atoms with E-state index in [1.807, 2.05) is 0 Å². The van der Waals surface area contributed by atoms with Crippen molar-refractivity contribution in [2.24, 2.45) is 0 Å². The lowest BCUT2D eigenvalue weighted by molar-refractivity contribution is 0.787.